The third kappa shape index (κ3) is 5.60. The van der Waals surface area contributed by atoms with E-state index in [0.29, 0.717) is 5.92 Å². The number of rotatable bonds is 5. The summed E-state index contributed by atoms with van der Waals surface area (Å²) in [5, 5.41) is 5.07. The third-order valence-electron chi connectivity index (χ3n) is 2.93. The van der Waals surface area contributed by atoms with Crippen LogP contribution in [0.15, 0.2) is 18.2 Å². The van der Waals surface area contributed by atoms with E-state index in [1.807, 2.05) is 18.2 Å². The number of hydrogen-bond acceptors (Lipinski definition) is 1. The van der Waals surface area contributed by atoms with Crippen LogP contribution < -0.4 is 5.32 Å². The second-order valence-corrected chi connectivity index (χ2v) is 6.79. The van der Waals surface area contributed by atoms with Crippen molar-refractivity contribution in [3.05, 3.63) is 33.8 Å². The fraction of sp³-hybridized carbons (Fsp3) is 0.600. The molecule has 0 radical (unpaired) electrons. The standard InChI is InChI=1S/C15H23Cl2N/c1-11(10-18-15(2,3)4)8-9-12-13(16)6-5-7-14(12)17/h5-7,11,18H,8-10H2,1-4H3. The molecule has 0 bridgehead atoms. The fourth-order valence-corrected chi connectivity index (χ4v) is 2.33. The van der Waals surface area contributed by atoms with Gasteiger partial charge in [-0.05, 0) is 63.8 Å². The van der Waals surface area contributed by atoms with E-state index in [1.165, 1.54) is 0 Å². The molecular weight excluding hydrogens is 265 g/mol. The van der Waals surface area contributed by atoms with Gasteiger partial charge in [-0.2, -0.15) is 0 Å². The van der Waals surface area contributed by atoms with Crippen LogP contribution in [0.5, 0.6) is 0 Å². The first kappa shape index (κ1) is 15.8. The minimum Gasteiger partial charge on any atom is -0.312 e. The Balaban J connectivity index is 2.45. The Morgan fingerprint density at radius 2 is 1.72 bits per heavy atom. The van der Waals surface area contributed by atoms with Crippen LogP contribution in [-0.4, -0.2) is 12.1 Å². The lowest BCUT2D eigenvalue weighted by atomic mass is 9.99. The van der Waals surface area contributed by atoms with Gasteiger partial charge in [-0.1, -0.05) is 36.2 Å². The molecule has 0 aromatic heterocycles. The summed E-state index contributed by atoms with van der Waals surface area (Å²) >= 11 is 12.3. The monoisotopic (exact) mass is 287 g/mol. The summed E-state index contributed by atoms with van der Waals surface area (Å²) in [6, 6.07) is 5.69. The highest BCUT2D eigenvalue weighted by molar-refractivity contribution is 6.35. The predicted molar refractivity (Wildman–Crippen MR) is 81.7 cm³/mol. The van der Waals surface area contributed by atoms with Crippen molar-refractivity contribution >= 4 is 23.2 Å². The van der Waals surface area contributed by atoms with Crippen LogP contribution in [-0.2, 0) is 6.42 Å². The average molecular weight is 288 g/mol. The van der Waals surface area contributed by atoms with Crippen molar-refractivity contribution in [1.82, 2.24) is 5.32 Å². The first-order valence-electron chi connectivity index (χ1n) is 6.47. The highest BCUT2D eigenvalue weighted by atomic mass is 35.5. The van der Waals surface area contributed by atoms with Crippen molar-refractivity contribution in [2.75, 3.05) is 6.54 Å². The van der Waals surface area contributed by atoms with Gasteiger partial charge in [0.15, 0.2) is 0 Å². The number of halogens is 2. The molecule has 0 spiro atoms. The molecule has 1 rings (SSSR count). The lowest BCUT2D eigenvalue weighted by Crippen LogP contribution is -2.38. The van der Waals surface area contributed by atoms with Gasteiger partial charge in [-0.25, -0.2) is 0 Å². The molecule has 3 heteroatoms. The summed E-state index contributed by atoms with van der Waals surface area (Å²) in [6.07, 6.45) is 2.03. The van der Waals surface area contributed by atoms with Gasteiger partial charge >= 0.3 is 0 Å². The number of hydrogen-bond donors (Lipinski definition) is 1. The first-order valence-corrected chi connectivity index (χ1v) is 7.23. The van der Waals surface area contributed by atoms with Gasteiger partial charge in [0.2, 0.25) is 0 Å². The predicted octanol–water partition coefficient (Wildman–Crippen LogP) is 4.95. The van der Waals surface area contributed by atoms with Crippen molar-refractivity contribution in [3.63, 3.8) is 0 Å². The molecule has 0 aliphatic heterocycles. The van der Waals surface area contributed by atoms with E-state index in [9.17, 15) is 0 Å². The molecular formula is C15H23Cl2N. The van der Waals surface area contributed by atoms with Gasteiger partial charge in [-0.15, -0.1) is 0 Å². The normalized spacial score (nSPS) is 13.7. The van der Waals surface area contributed by atoms with Gasteiger partial charge < -0.3 is 5.32 Å². The third-order valence-corrected chi connectivity index (χ3v) is 3.64. The van der Waals surface area contributed by atoms with Crippen molar-refractivity contribution in [2.24, 2.45) is 5.92 Å². The van der Waals surface area contributed by atoms with E-state index >= 15 is 0 Å². The van der Waals surface area contributed by atoms with E-state index in [2.05, 4.69) is 33.0 Å². The Labute approximate surface area is 121 Å². The zero-order valence-corrected chi connectivity index (χ0v) is 13.2. The van der Waals surface area contributed by atoms with E-state index in [0.717, 1.165) is 35.0 Å². The van der Waals surface area contributed by atoms with Gasteiger partial charge in [0.25, 0.3) is 0 Å². The van der Waals surface area contributed by atoms with E-state index in [-0.39, 0.29) is 5.54 Å². The van der Waals surface area contributed by atoms with Gasteiger partial charge in [0.05, 0.1) is 0 Å². The maximum atomic E-state index is 6.16. The van der Waals surface area contributed by atoms with Crippen LogP contribution in [0.3, 0.4) is 0 Å². The molecule has 0 aliphatic carbocycles. The second kappa shape index (κ2) is 6.79. The molecule has 0 heterocycles. The Hall–Kier alpha value is -0.240. The zero-order valence-electron chi connectivity index (χ0n) is 11.7. The van der Waals surface area contributed by atoms with Gasteiger partial charge in [-0.3, -0.25) is 0 Å². The molecule has 1 nitrogen and oxygen atoms in total. The van der Waals surface area contributed by atoms with Crippen LogP contribution in [0, 0.1) is 5.92 Å². The summed E-state index contributed by atoms with van der Waals surface area (Å²) in [7, 11) is 0. The summed E-state index contributed by atoms with van der Waals surface area (Å²) in [5.74, 6) is 0.608. The molecule has 1 N–H and O–H groups in total. The van der Waals surface area contributed by atoms with Crippen molar-refractivity contribution in [1.29, 1.82) is 0 Å². The molecule has 0 fully saturated rings. The van der Waals surface area contributed by atoms with Crippen LogP contribution in [0.2, 0.25) is 10.0 Å². The van der Waals surface area contributed by atoms with Crippen LogP contribution in [0.4, 0.5) is 0 Å². The van der Waals surface area contributed by atoms with E-state index < -0.39 is 0 Å². The van der Waals surface area contributed by atoms with Crippen molar-refractivity contribution in [3.8, 4) is 0 Å². The van der Waals surface area contributed by atoms with Gasteiger partial charge in [0.1, 0.15) is 0 Å². The Kier molecular flexibility index (Phi) is 5.97. The Morgan fingerprint density at radius 3 is 2.22 bits per heavy atom. The van der Waals surface area contributed by atoms with E-state index in [4.69, 9.17) is 23.2 Å². The summed E-state index contributed by atoms with van der Waals surface area (Å²) < 4.78 is 0. The fourth-order valence-electron chi connectivity index (χ4n) is 1.74. The molecule has 1 aromatic rings. The van der Waals surface area contributed by atoms with Crippen molar-refractivity contribution < 1.29 is 0 Å². The average Bonchev–Trinajstić information content (AvgIpc) is 2.25. The highest BCUT2D eigenvalue weighted by Gasteiger charge is 2.12. The molecule has 1 atom stereocenters. The molecule has 1 aromatic carbocycles. The molecule has 1 unspecified atom stereocenters. The highest BCUT2D eigenvalue weighted by Crippen LogP contribution is 2.26. The summed E-state index contributed by atoms with van der Waals surface area (Å²) in [6.45, 7) is 9.83. The Morgan fingerprint density at radius 1 is 1.17 bits per heavy atom. The van der Waals surface area contributed by atoms with Crippen LogP contribution in [0.1, 0.15) is 39.7 Å². The maximum Gasteiger partial charge on any atom is 0.0452 e. The summed E-state index contributed by atoms with van der Waals surface area (Å²) in [5.41, 5.74) is 1.25. The second-order valence-electron chi connectivity index (χ2n) is 5.97. The SMILES string of the molecule is CC(CCc1c(Cl)cccc1Cl)CNC(C)(C)C. The topological polar surface area (TPSA) is 12.0 Å². The minimum absolute atomic E-state index is 0.177. The smallest absolute Gasteiger partial charge is 0.0452 e. The molecule has 0 amide bonds. The molecule has 0 saturated heterocycles. The molecule has 18 heavy (non-hydrogen) atoms. The number of nitrogens with one attached hydrogen (secondary N) is 1. The number of benzene rings is 1. The van der Waals surface area contributed by atoms with Gasteiger partial charge in [0, 0.05) is 15.6 Å². The largest absolute Gasteiger partial charge is 0.312 e. The Bertz CT molecular complexity index is 362. The quantitative estimate of drug-likeness (QED) is 0.808. The summed E-state index contributed by atoms with van der Waals surface area (Å²) in [4.78, 5) is 0. The first-order chi connectivity index (χ1) is 8.29. The molecule has 0 aliphatic rings. The minimum atomic E-state index is 0.177. The molecule has 102 valence electrons. The lowest BCUT2D eigenvalue weighted by molar-refractivity contribution is 0.372. The zero-order chi connectivity index (χ0) is 13.8. The van der Waals surface area contributed by atoms with E-state index in [1.54, 1.807) is 0 Å². The molecule has 0 saturated carbocycles. The van der Waals surface area contributed by atoms with Crippen molar-refractivity contribution in [2.45, 2.75) is 46.1 Å². The van der Waals surface area contributed by atoms with Crippen LogP contribution in [0.25, 0.3) is 0 Å². The maximum absolute atomic E-state index is 6.16. The van der Waals surface area contributed by atoms with Crippen LogP contribution >= 0.6 is 23.2 Å². The lowest BCUT2D eigenvalue weighted by Gasteiger charge is -2.23.